The Kier molecular flexibility index (Phi) is 9.73. The summed E-state index contributed by atoms with van der Waals surface area (Å²) < 4.78 is 6.04. The smallest absolute Gasteiger partial charge is 0.191 e. The van der Waals surface area contributed by atoms with E-state index in [1.54, 1.807) is 18.3 Å². The van der Waals surface area contributed by atoms with Gasteiger partial charge in [0.15, 0.2) is 5.96 Å². The monoisotopic (exact) mass is 517 g/mol. The summed E-state index contributed by atoms with van der Waals surface area (Å²) in [4.78, 5) is 4.66. The molecule has 0 radical (unpaired) electrons. The van der Waals surface area contributed by atoms with E-state index in [1.165, 1.54) is 0 Å². The lowest BCUT2D eigenvalue weighted by molar-refractivity contribution is 0.0621. The van der Waals surface area contributed by atoms with Gasteiger partial charge in [-0.25, -0.2) is 4.99 Å². The average molecular weight is 517 g/mol. The third-order valence-electron chi connectivity index (χ3n) is 3.88. The number of hydrogen-bond acceptors (Lipinski definition) is 4. The van der Waals surface area contributed by atoms with Crippen LogP contribution in [0.4, 0.5) is 0 Å². The van der Waals surface area contributed by atoms with E-state index in [9.17, 15) is 5.11 Å². The van der Waals surface area contributed by atoms with Crippen LogP contribution in [0.25, 0.3) is 0 Å². The molecular weight excluding hydrogens is 485 g/mol. The molecule has 0 aliphatic carbocycles. The zero-order valence-electron chi connectivity index (χ0n) is 17.3. The Morgan fingerprint density at radius 2 is 1.86 bits per heavy atom. The Morgan fingerprint density at radius 3 is 2.46 bits per heavy atom. The first-order valence-electron chi connectivity index (χ1n) is 9.25. The van der Waals surface area contributed by atoms with Crippen molar-refractivity contribution in [1.29, 1.82) is 0 Å². The maximum Gasteiger partial charge on any atom is 0.191 e. The lowest BCUT2D eigenvalue weighted by atomic mass is 9.99. The minimum absolute atomic E-state index is 0. The zero-order chi connectivity index (χ0) is 19.9. The third kappa shape index (κ3) is 7.97. The van der Waals surface area contributed by atoms with Crippen molar-refractivity contribution in [2.24, 2.45) is 4.99 Å². The SMILES string of the molecule is CCNC(=NCc1ccccc1OC(C)(C)C)NCC(C)(O)c1ccsc1.I. The van der Waals surface area contributed by atoms with E-state index in [0.29, 0.717) is 19.0 Å². The number of benzene rings is 1. The summed E-state index contributed by atoms with van der Waals surface area (Å²) in [5.41, 5.74) is 0.708. The summed E-state index contributed by atoms with van der Waals surface area (Å²) in [7, 11) is 0. The van der Waals surface area contributed by atoms with Crippen LogP contribution in [0.15, 0.2) is 46.1 Å². The number of aliphatic hydroxyl groups is 1. The lowest BCUT2D eigenvalue weighted by Gasteiger charge is -2.24. The second kappa shape index (κ2) is 11.0. The maximum absolute atomic E-state index is 10.7. The number of nitrogens with one attached hydrogen (secondary N) is 2. The molecule has 28 heavy (non-hydrogen) atoms. The lowest BCUT2D eigenvalue weighted by Crippen LogP contribution is -2.44. The number of para-hydroxylation sites is 1. The van der Waals surface area contributed by atoms with Gasteiger partial charge in [-0.2, -0.15) is 11.3 Å². The van der Waals surface area contributed by atoms with E-state index in [2.05, 4.69) is 15.6 Å². The van der Waals surface area contributed by atoms with Crippen molar-refractivity contribution < 1.29 is 9.84 Å². The van der Waals surface area contributed by atoms with Crippen LogP contribution >= 0.6 is 35.3 Å². The van der Waals surface area contributed by atoms with Crippen molar-refractivity contribution >= 4 is 41.3 Å². The van der Waals surface area contributed by atoms with Crippen molar-refractivity contribution in [2.75, 3.05) is 13.1 Å². The highest BCUT2D eigenvalue weighted by atomic mass is 127. The van der Waals surface area contributed by atoms with Gasteiger partial charge in [0.05, 0.1) is 13.1 Å². The van der Waals surface area contributed by atoms with Crippen LogP contribution in [0.1, 0.15) is 45.7 Å². The normalized spacial score (nSPS) is 14.0. The first-order valence-corrected chi connectivity index (χ1v) is 10.2. The third-order valence-corrected chi connectivity index (χ3v) is 4.57. The standard InChI is InChI=1S/C21H31N3O2S.HI/c1-6-22-19(24-15-21(5,25)17-11-12-27-14-17)23-13-16-9-7-8-10-18(16)26-20(2,3)4;/h7-12,14,25H,6,13,15H2,1-5H3,(H2,22,23,24);1H. The van der Waals surface area contributed by atoms with Gasteiger partial charge in [-0.15, -0.1) is 24.0 Å². The van der Waals surface area contributed by atoms with Gasteiger partial charge in [0.2, 0.25) is 0 Å². The Morgan fingerprint density at radius 1 is 1.14 bits per heavy atom. The second-order valence-corrected chi connectivity index (χ2v) is 8.44. The number of nitrogens with zero attached hydrogens (tertiary/aromatic N) is 1. The van der Waals surface area contributed by atoms with E-state index >= 15 is 0 Å². The summed E-state index contributed by atoms with van der Waals surface area (Å²) in [5.74, 6) is 1.51. The Labute approximate surface area is 189 Å². The van der Waals surface area contributed by atoms with Crippen LogP contribution in [-0.2, 0) is 12.1 Å². The van der Waals surface area contributed by atoms with Crippen molar-refractivity contribution in [3.8, 4) is 5.75 Å². The van der Waals surface area contributed by atoms with Gasteiger partial charge in [0.25, 0.3) is 0 Å². The highest BCUT2D eigenvalue weighted by Crippen LogP contribution is 2.24. The van der Waals surface area contributed by atoms with Gasteiger partial charge in [-0.05, 0) is 63.1 Å². The van der Waals surface area contributed by atoms with Gasteiger partial charge in [0.1, 0.15) is 17.0 Å². The number of hydrogen-bond donors (Lipinski definition) is 3. The maximum atomic E-state index is 10.7. The molecule has 1 atom stereocenters. The van der Waals surface area contributed by atoms with Crippen molar-refractivity contribution in [2.45, 2.75) is 52.4 Å². The van der Waals surface area contributed by atoms with Crippen LogP contribution in [0.2, 0.25) is 0 Å². The Bertz CT molecular complexity index is 740. The quantitative estimate of drug-likeness (QED) is 0.288. The molecule has 0 fully saturated rings. The molecule has 1 aromatic carbocycles. The van der Waals surface area contributed by atoms with Gasteiger partial charge < -0.3 is 20.5 Å². The second-order valence-electron chi connectivity index (χ2n) is 7.66. The van der Waals surface area contributed by atoms with Crippen molar-refractivity contribution in [3.05, 3.63) is 52.2 Å². The number of thiophene rings is 1. The number of guanidine groups is 1. The molecule has 2 rings (SSSR count). The Balaban J connectivity index is 0.00000392. The van der Waals surface area contributed by atoms with Gasteiger partial charge in [-0.1, -0.05) is 18.2 Å². The molecule has 7 heteroatoms. The minimum atomic E-state index is -0.955. The van der Waals surface area contributed by atoms with Crippen LogP contribution in [0.3, 0.4) is 0 Å². The zero-order valence-corrected chi connectivity index (χ0v) is 20.4. The first kappa shape index (κ1) is 24.7. The largest absolute Gasteiger partial charge is 0.488 e. The van der Waals surface area contributed by atoms with Crippen molar-refractivity contribution in [3.63, 3.8) is 0 Å². The van der Waals surface area contributed by atoms with E-state index in [0.717, 1.165) is 23.4 Å². The molecule has 0 bridgehead atoms. The van der Waals surface area contributed by atoms with E-state index in [4.69, 9.17) is 4.74 Å². The average Bonchev–Trinajstić information content (AvgIpc) is 3.13. The predicted molar refractivity (Wildman–Crippen MR) is 129 cm³/mol. The fourth-order valence-corrected chi connectivity index (χ4v) is 3.28. The molecule has 0 aliphatic rings. The number of aliphatic imine (C=N–C) groups is 1. The summed E-state index contributed by atoms with van der Waals surface area (Å²) in [6, 6.07) is 9.89. The van der Waals surface area contributed by atoms with E-state index in [1.807, 2.05) is 68.8 Å². The van der Waals surface area contributed by atoms with Gasteiger partial charge in [-0.3, -0.25) is 0 Å². The molecular formula is C21H32IN3O2S. The topological polar surface area (TPSA) is 65.9 Å². The van der Waals surface area contributed by atoms with Gasteiger partial charge >= 0.3 is 0 Å². The summed E-state index contributed by atoms with van der Waals surface area (Å²) in [6.07, 6.45) is 0. The molecule has 0 amide bonds. The molecule has 5 nitrogen and oxygen atoms in total. The molecule has 0 saturated heterocycles. The van der Waals surface area contributed by atoms with E-state index < -0.39 is 5.60 Å². The molecule has 1 unspecified atom stereocenters. The summed E-state index contributed by atoms with van der Waals surface area (Å²) in [5, 5.41) is 21.1. The number of ether oxygens (including phenoxy) is 1. The number of halogens is 1. The predicted octanol–water partition coefficient (Wildman–Crippen LogP) is 4.51. The van der Waals surface area contributed by atoms with Crippen LogP contribution in [0, 0.1) is 0 Å². The summed E-state index contributed by atoms with van der Waals surface area (Å²) >= 11 is 1.58. The molecule has 156 valence electrons. The van der Waals surface area contributed by atoms with Crippen LogP contribution in [-0.4, -0.2) is 29.8 Å². The Hall–Kier alpha value is -1.32. The van der Waals surface area contributed by atoms with Crippen LogP contribution in [0.5, 0.6) is 5.75 Å². The molecule has 1 heterocycles. The molecule has 1 aromatic heterocycles. The molecule has 0 saturated carbocycles. The molecule has 0 aliphatic heterocycles. The minimum Gasteiger partial charge on any atom is -0.488 e. The fourth-order valence-electron chi connectivity index (χ4n) is 2.50. The van der Waals surface area contributed by atoms with Crippen molar-refractivity contribution in [1.82, 2.24) is 10.6 Å². The van der Waals surface area contributed by atoms with Gasteiger partial charge in [0, 0.05) is 12.1 Å². The number of rotatable bonds is 7. The first-order chi connectivity index (χ1) is 12.7. The molecule has 3 N–H and O–H groups in total. The fraction of sp³-hybridized carbons (Fsp3) is 0.476. The van der Waals surface area contributed by atoms with E-state index in [-0.39, 0.29) is 29.6 Å². The molecule has 0 spiro atoms. The summed E-state index contributed by atoms with van der Waals surface area (Å²) in [6.45, 7) is 11.5. The van der Waals surface area contributed by atoms with Crippen LogP contribution < -0.4 is 15.4 Å². The highest BCUT2D eigenvalue weighted by Gasteiger charge is 2.23. The highest BCUT2D eigenvalue weighted by molar-refractivity contribution is 14.0. The molecule has 2 aromatic rings.